The number of imidazole rings is 2. The van der Waals surface area contributed by atoms with Gasteiger partial charge in [-0.05, 0) is 19.4 Å². The summed E-state index contributed by atoms with van der Waals surface area (Å²) < 4.78 is 9.05. The molecule has 0 saturated heterocycles. The van der Waals surface area contributed by atoms with E-state index >= 15 is 0 Å². The molecule has 3 aromatic rings. The number of benzene rings is 1. The lowest BCUT2D eigenvalue weighted by Crippen LogP contribution is -2.30. The number of nitrogens with one attached hydrogen (secondary N) is 1. The zero-order chi connectivity index (χ0) is 21.3. The Balaban J connectivity index is 0.00000181. The van der Waals surface area contributed by atoms with E-state index in [9.17, 15) is 14.9 Å². The van der Waals surface area contributed by atoms with Crippen molar-refractivity contribution in [2.75, 3.05) is 11.9 Å². The van der Waals surface area contributed by atoms with Gasteiger partial charge >= 0.3 is 5.97 Å². The molecule has 0 bridgehead atoms. The summed E-state index contributed by atoms with van der Waals surface area (Å²) in [5, 5.41) is 14.5. The van der Waals surface area contributed by atoms with E-state index in [2.05, 4.69) is 15.3 Å². The van der Waals surface area contributed by atoms with E-state index in [4.69, 9.17) is 4.74 Å². The smallest absolute Gasteiger partial charge is 0.338 e. The van der Waals surface area contributed by atoms with E-state index in [1.165, 1.54) is 12.1 Å². The topological polar surface area (TPSA) is 149 Å². The number of ether oxygens (including phenoxy) is 1. The highest BCUT2D eigenvalue weighted by molar-refractivity contribution is 5.92. The number of anilines is 1. The molecule has 0 amide bonds. The van der Waals surface area contributed by atoms with Crippen LogP contribution in [0.1, 0.15) is 31.1 Å². The number of hydrogen-bond acceptors (Lipinski definition) is 7. The Morgan fingerprint density at radius 2 is 2.16 bits per heavy atom. The molecule has 1 unspecified atom stereocenters. The lowest BCUT2D eigenvalue weighted by molar-refractivity contribution is -0.384. The van der Waals surface area contributed by atoms with Crippen molar-refractivity contribution in [2.24, 2.45) is 0 Å². The summed E-state index contributed by atoms with van der Waals surface area (Å²) in [5.41, 5.74) is 2.33. The fourth-order valence-electron chi connectivity index (χ4n) is 3.63. The van der Waals surface area contributed by atoms with Gasteiger partial charge in [0.1, 0.15) is 0 Å². The van der Waals surface area contributed by atoms with Gasteiger partial charge in [0.25, 0.3) is 5.69 Å². The molecule has 32 heavy (non-hydrogen) atoms. The summed E-state index contributed by atoms with van der Waals surface area (Å²) in [6.07, 6.45) is 6.91. The SMILES string of the molecule is CCOC(=O)C1=C(C)Nc2ncc(Cn3ccnc3)n2C1c1cccc([N+](=O)[O-])c1.Cl.O. The van der Waals surface area contributed by atoms with Crippen LogP contribution >= 0.6 is 12.4 Å². The number of rotatable bonds is 6. The zero-order valence-electron chi connectivity index (χ0n) is 17.4. The third kappa shape index (κ3) is 4.48. The molecule has 1 aliphatic heterocycles. The largest absolute Gasteiger partial charge is 0.463 e. The van der Waals surface area contributed by atoms with Crippen LogP contribution < -0.4 is 5.32 Å². The van der Waals surface area contributed by atoms with Crippen molar-refractivity contribution in [1.82, 2.24) is 19.1 Å². The number of fused-ring (bicyclic) bond motifs is 1. The van der Waals surface area contributed by atoms with Crippen LogP contribution in [0, 0.1) is 10.1 Å². The number of nitrogens with zero attached hydrogens (tertiary/aromatic N) is 5. The van der Waals surface area contributed by atoms with Crippen molar-refractivity contribution >= 4 is 30.0 Å². The quantitative estimate of drug-likeness (QED) is 0.336. The first-order chi connectivity index (χ1) is 14.5. The molecule has 11 nitrogen and oxygen atoms in total. The monoisotopic (exact) mass is 462 g/mol. The van der Waals surface area contributed by atoms with Crippen LogP contribution in [0.3, 0.4) is 0 Å². The second-order valence-electron chi connectivity index (χ2n) is 6.82. The number of halogens is 1. The first kappa shape index (κ1) is 24.6. The first-order valence-electron chi connectivity index (χ1n) is 9.40. The van der Waals surface area contributed by atoms with Gasteiger partial charge in [-0.25, -0.2) is 14.8 Å². The Bertz CT molecular complexity index is 1140. The van der Waals surface area contributed by atoms with Gasteiger partial charge in [0.05, 0.1) is 47.9 Å². The molecule has 1 atom stereocenters. The summed E-state index contributed by atoms with van der Waals surface area (Å²) in [6.45, 7) is 4.19. The number of esters is 1. The van der Waals surface area contributed by atoms with Gasteiger partial charge < -0.3 is 24.7 Å². The third-order valence-electron chi connectivity index (χ3n) is 4.90. The number of aromatic nitrogens is 4. The van der Waals surface area contributed by atoms with Crippen molar-refractivity contribution in [3.63, 3.8) is 0 Å². The summed E-state index contributed by atoms with van der Waals surface area (Å²) in [7, 11) is 0. The lowest BCUT2D eigenvalue weighted by Gasteiger charge is -2.31. The summed E-state index contributed by atoms with van der Waals surface area (Å²) in [5.74, 6) is 0.0686. The normalized spacial score (nSPS) is 14.5. The highest BCUT2D eigenvalue weighted by atomic mass is 35.5. The second kappa shape index (κ2) is 10.1. The van der Waals surface area contributed by atoms with Crippen LogP contribution in [0.2, 0.25) is 0 Å². The van der Waals surface area contributed by atoms with Crippen LogP contribution in [0.25, 0.3) is 0 Å². The molecule has 170 valence electrons. The van der Waals surface area contributed by atoms with E-state index < -0.39 is 16.9 Å². The minimum atomic E-state index is -0.624. The fourth-order valence-corrected chi connectivity index (χ4v) is 3.63. The van der Waals surface area contributed by atoms with E-state index in [-0.39, 0.29) is 30.2 Å². The molecular weight excluding hydrogens is 440 g/mol. The summed E-state index contributed by atoms with van der Waals surface area (Å²) in [6, 6.07) is 5.65. The lowest BCUT2D eigenvalue weighted by atomic mass is 9.94. The van der Waals surface area contributed by atoms with Gasteiger partial charge in [-0.15, -0.1) is 12.4 Å². The Morgan fingerprint density at radius 1 is 1.38 bits per heavy atom. The molecule has 3 N–H and O–H groups in total. The maximum absolute atomic E-state index is 12.9. The number of nitro groups is 1. The minimum Gasteiger partial charge on any atom is -0.463 e. The van der Waals surface area contributed by atoms with Crippen LogP contribution in [0.5, 0.6) is 0 Å². The molecule has 1 aliphatic rings. The molecule has 0 spiro atoms. The van der Waals surface area contributed by atoms with E-state index in [1.54, 1.807) is 44.7 Å². The van der Waals surface area contributed by atoms with Gasteiger partial charge in [-0.1, -0.05) is 12.1 Å². The van der Waals surface area contributed by atoms with Crippen molar-refractivity contribution in [1.29, 1.82) is 0 Å². The average molecular weight is 463 g/mol. The number of non-ortho nitro benzene ring substituents is 1. The molecule has 2 aromatic heterocycles. The third-order valence-corrected chi connectivity index (χ3v) is 4.90. The molecule has 0 saturated carbocycles. The Kier molecular flexibility index (Phi) is 7.73. The predicted octanol–water partition coefficient (Wildman–Crippen LogP) is 2.49. The number of hydrogen-bond donors (Lipinski definition) is 1. The maximum atomic E-state index is 12.9. The standard InChI is InChI=1S/C20H20N6O4.ClH.H2O/c1-3-30-19(27)17-13(2)23-20-22-10-16(11-24-8-7-21-12-24)25(20)18(17)14-5-4-6-15(9-14)26(28)29;;/h4-10,12,18H,3,11H2,1-2H3,(H,22,23);1H;1H2. The van der Waals surface area contributed by atoms with Crippen molar-refractivity contribution < 1.29 is 19.9 Å². The van der Waals surface area contributed by atoms with E-state index in [0.717, 1.165) is 5.69 Å². The molecule has 0 radical (unpaired) electrons. The molecule has 1 aromatic carbocycles. The minimum absolute atomic E-state index is 0. The van der Waals surface area contributed by atoms with Crippen LogP contribution in [0.4, 0.5) is 11.6 Å². The number of nitro benzene ring substituents is 1. The maximum Gasteiger partial charge on any atom is 0.338 e. The zero-order valence-corrected chi connectivity index (χ0v) is 18.2. The van der Waals surface area contributed by atoms with Gasteiger partial charge in [0.2, 0.25) is 5.95 Å². The van der Waals surface area contributed by atoms with Gasteiger partial charge in [0.15, 0.2) is 0 Å². The molecular formula is C20H23ClN6O5. The highest BCUT2D eigenvalue weighted by Crippen LogP contribution is 2.38. The van der Waals surface area contributed by atoms with E-state index in [1.807, 2.05) is 15.3 Å². The van der Waals surface area contributed by atoms with Crippen molar-refractivity contribution in [2.45, 2.75) is 26.4 Å². The fraction of sp³-hybridized carbons (Fsp3) is 0.250. The molecule has 3 heterocycles. The number of carbonyl (C=O) groups is 1. The van der Waals surface area contributed by atoms with Crippen LogP contribution in [-0.2, 0) is 16.1 Å². The van der Waals surface area contributed by atoms with E-state index in [0.29, 0.717) is 29.3 Å². The predicted molar refractivity (Wildman–Crippen MR) is 119 cm³/mol. The van der Waals surface area contributed by atoms with Crippen molar-refractivity contribution in [3.8, 4) is 0 Å². The summed E-state index contributed by atoms with van der Waals surface area (Å²) in [4.78, 5) is 32.3. The molecule has 12 heteroatoms. The number of carbonyl (C=O) groups excluding carboxylic acids is 1. The van der Waals surface area contributed by atoms with Gasteiger partial charge in [-0.3, -0.25) is 10.1 Å². The average Bonchev–Trinajstić information content (AvgIpc) is 3.37. The van der Waals surface area contributed by atoms with Crippen LogP contribution in [-0.4, -0.2) is 42.1 Å². The van der Waals surface area contributed by atoms with Crippen LogP contribution in [0.15, 0.2) is 60.5 Å². The molecule has 4 rings (SSSR count). The van der Waals surface area contributed by atoms with Crippen molar-refractivity contribution in [3.05, 3.63) is 81.8 Å². The first-order valence-corrected chi connectivity index (χ1v) is 9.40. The Morgan fingerprint density at radius 3 is 2.81 bits per heavy atom. The number of allylic oxidation sites excluding steroid dienone is 1. The summed E-state index contributed by atoms with van der Waals surface area (Å²) >= 11 is 0. The Labute approximate surface area is 189 Å². The second-order valence-corrected chi connectivity index (χ2v) is 6.82. The molecule has 0 fully saturated rings. The molecule has 0 aliphatic carbocycles. The van der Waals surface area contributed by atoms with Gasteiger partial charge in [-0.2, -0.15) is 0 Å². The highest BCUT2D eigenvalue weighted by Gasteiger charge is 2.35. The Hall–Kier alpha value is -3.70. The van der Waals surface area contributed by atoms with Gasteiger partial charge in [0, 0.05) is 30.2 Å².